The number of carboxylic acid groups (broad SMARTS) is 5. The zero-order chi connectivity index (χ0) is 24.4. The zero-order valence-electron chi connectivity index (χ0n) is 17.9. The van der Waals surface area contributed by atoms with E-state index in [9.17, 15) is 39.3 Å². The maximum atomic E-state index is 11.5. The molecule has 13 heteroatoms. The average molecular weight is 461 g/mol. The van der Waals surface area contributed by atoms with Gasteiger partial charge in [-0.05, 0) is 19.8 Å². The van der Waals surface area contributed by atoms with Crippen LogP contribution in [0.1, 0.15) is 32.6 Å². The third-order valence-electron chi connectivity index (χ3n) is 5.45. The SMILES string of the molecule is C[C@@H](CN(CC(=O)O)C1CCCC[C@H]1N(CC(=O)O)CC(=O)O)N(CC(=O)O)CC(=O)O. The van der Waals surface area contributed by atoms with Crippen molar-refractivity contribution in [3.63, 3.8) is 0 Å². The van der Waals surface area contributed by atoms with E-state index in [0.29, 0.717) is 12.8 Å². The monoisotopic (exact) mass is 461 g/mol. The van der Waals surface area contributed by atoms with Crippen molar-refractivity contribution in [2.45, 2.75) is 50.7 Å². The number of rotatable bonds is 15. The second-order valence-electron chi connectivity index (χ2n) is 7.98. The summed E-state index contributed by atoms with van der Waals surface area (Å²) in [6.07, 6.45) is 2.42. The average Bonchev–Trinajstić information content (AvgIpc) is 2.64. The maximum Gasteiger partial charge on any atom is 0.317 e. The molecule has 13 nitrogen and oxygen atoms in total. The van der Waals surface area contributed by atoms with Gasteiger partial charge in [0.25, 0.3) is 0 Å². The van der Waals surface area contributed by atoms with E-state index in [4.69, 9.17) is 10.2 Å². The Morgan fingerprint density at radius 3 is 1.38 bits per heavy atom. The lowest BCUT2D eigenvalue weighted by Crippen LogP contribution is -2.58. The third-order valence-corrected chi connectivity index (χ3v) is 5.45. The smallest absolute Gasteiger partial charge is 0.317 e. The highest BCUT2D eigenvalue weighted by Gasteiger charge is 2.37. The van der Waals surface area contributed by atoms with Crippen LogP contribution in [0.5, 0.6) is 0 Å². The van der Waals surface area contributed by atoms with Crippen molar-refractivity contribution in [2.75, 3.05) is 39.3 Å². The molecule has 0 heterocycles. The minimum atomic E-state index is -1.23. The van der Waals surface area contributed by atoms with Gasteiger partial charge in [-0.3, -0.25) is 38.7 Å². The molecule has 0 spiro atoms. The van der Waals surface area contributed by atoms with Crippen molar-refractivity contribution in [2.24, 2.45) is 0 Å². The predicted molar refractivity (Wildman–Crippen MR) is 108 cm³/mol. The lowest BCUT2D eigenvalue weighted by atomic mass is 9.87. The first-order chi connectivity index (χ1) is 14.9. The van der Waals surface area contributed by atoms with Crippen molar-refractivity contribution in [1.82, 2.24) is 14.7 Å². The highest BCUT2D eigenvalue weighted by Crippen LogP contribution is 2.28. The molecular weight excluding hydrogens is 430 g/mol. The molecule has 182 valence electrons. The van der Waals surface area contributed by atoms with Crippen LogP contribution in [-0.4, -0.2) is 127 Å². The Hall–Kier alpha value is -2.77. The summed E-state index contributed by atoms with van der Waals surface area (Å²) in [5.74, 6) is -6.03. The molecular formula is C19H31N3O10. The van der Waals surface area contributed by atoms with Crippen LogP contribution in [0.4, 0.5) is 0 Å². The van der Waals surface area contributed by atoms with Gasteiger partial charge in [-0.1, -0.05) is 12.8 Å². The van der Waals surface area contributed by atoms with E-state index in [2.05, 4.69) is 0 Å². The normalized spacial score (nSPS) is 19.8. The van der Waals surface area contributed by atoms with E-state index in [1.165, 1.54) is 9.80 Å². The zero-order valence-corrected chi connectivity index (χ0v) is 17.9. The molecule has 1 aliphatic carbocycles. The summed E-state index contributed by atoms with van der Waals surface area (Å²) in [5, 5.41) is 46.1. The minimum Gasteiger partial charge on any atom is -0.480 e. The van der Waals surface area contributed by atoms with Gasteiger partial charge in [-0.15, -0.1) is 0 Å². The van der Waals surface area contributed by atoms with E-state index >= 15 is 0 Å². The molecule has 0 aromatic heterocycles. The van der Waals surface area contributed by atoms with E-state index in [-0.39, 0.29) is 6.54 Å². The number of hydrogen-bond acceptors (Lipinski definition) is 8. The van der Waals surface area contributed by atoms with E-state index in [1.54, 1.807) is 11.8 Å². The van der Waals surface area contributed by atoms with Gasteiger partial charge >= 0.3 is 29.8 Å². The van der Waals surface area contributed by atoms with E-state index < -0.39 is 80.7 Å². The number of nitrogens with zero attached hydrogens (tertiary/aromatic N) is 3. The molecule has 32 heavy (non-hydrogen) atoms. The molecule has 1 aliphatic rings. The molecule has 3 atom stereocenters. The second kappa shape index (κ2) is 12.9. The van der Waals surface area contributed by atoms with Crippen LogP contribution >= 0.6 is 0 Å². The molecule has 0 radical (unpaired) electrons. The van der Waals surface area contributed by atoms with Crippen LogP contribution in [0, 0.1) is 0 Å². The minimum absolute atomic E-state index is 0.0159. The highest BCUT2D eigenvalue weighted by molar-refractivity contribution is 5.73. The third kappa shape index (κ3) is 9.58. The van der Waals surface area contributed by atoms with Crippen LogP contribution < -0.4 is 0 Å². The van der Waals surface area contributed by atoms with Gasteiger partial charge < -0.3 is 25.5 Å². The first-order valence-corrected chi connectivity index (χ1v) is 10.2. The molecule has 1 fully saturated rings. The Morgan fingerprint density at radius 1 is 0.656 bits per heavy atom. The van der Waals surface area contributed by atoms with Crippen LogP contribution in [-0.2, 0) is 24.0 Å². The van der Waals surface area contributed by atoms with Crippen LogP contribution in [0.15, 0.2) is 0 Å². The fourth-order valence-electron chi connectivity index (χ4n) is 4.24. The summed E-state index contributed by atoms with van der Waals surface area (Å²) in [6, 6.07) is -1.66. The molecule has 0 aromatic carbocycles. The van der Waals surface area contributed by atoms with Gasteiger partial charge in [-0.25, -0.2) is 0 Å². The van der Waals surface area contributed by atoms with Crippen LogP contribution in [0.3, 0.4) is 0 Å². The first-order valence-electron chi connectivity index (χ1n) is 10.2. The standard InChI is InChI=1S/C19H31N3O10/c1-12(20(7-15(23)24)8-16(25)26)6-21(9-17(27)28)13-4-2-3-5-14(13)22(10-18(29)30)11-19(31)32/h12-14H,2-11H2,1H3,(H,23,24)(H,25,26)(H,27,28)(H,29,30)(H,31,32)/t12-,13?,14+/m0/s1. The lowest BCUT2D eigenvalue weighted by Gasteiger charge is -2.45. The summed E-state index contributed by atoms with van der Waals surface area (Å²) < 4.78 is 0. The van der Waals surface area contributed by atoms with E-state index in [0.717, 1.165) is 12.8 Å². The molecule has 1 rings (SSSR count). The molecule has 5 N–H and O–H groups in total. The molecule has 0 amide bonds. The van der Waals surface area contributed by atoms with Crippen molar-refractivity contribution >= 4 is 29.8 Å². The molecule has 0 saturated heterocycles. The summed E-state index contributed by atoms with van der Waals surface area (Å²) >= 11 is 0. The van der Waals surface area contributed by atoms with Gasteiger partial charge in [0.1, 0.15) is 0 Å². The maximum absolute atomic E-state index is 11.5. The quantitative estimate of drug-likeness (QED) is 0.200. The van der Waals surface area contributed by atoms with Gasteiger partial charge in [0.05, 0.1) is 32.7 Å². The van der Waals surface area contributed by atoms with Gasteiger partial charge in [0.2, 0.25) is 0 Å². The molecule has 0 aliphatic heterocycles. The molecule has 1 unspecified atom stereocenters. The molecule has 1 saturated carbocycles. The van der Waals surface area contributed by atoms with Crippen molar-refractivity contribution in [3.05, 3.63) is 0 Å². The van der Waals surface area contributed by atoms with Gasteiger partial charge in [-0.2, -0.15) is 0 Å². The second-order valence-corrected chi connectivity index (χ2v) is 7.98. The summed E-state index contributed by atoms with van der Waals surface area (Å²) in [4.78, 5) is 60.5. The Morgan fingerprint density at radius 2 is 1.00 bits per heavy atom. The summed E-state index contributed by atoms with van der Waals surface area (Å²) in [6.45, 7) is -0.971. The van der Waals surface area contributed by atoms with Crippen LogP contribution in [0.25, 0.3) is 0 Å². The predicted octanol–water partition coefficient (Wildman–Crippen LogP) is -0.985. The number of hydrogen-bond donors (Lipinski definition) is 5. The van der Waals surface area contributed by atoms with Crippen LogP contribution in [0.2, 0.25) is 0 Å². The largest absolute Gasteiger partial charge is 0.480 e. The Kier molecular flexibility index (Phi) is 11.0. The van der Waals surface area contributed by atoms with E-state index in [1.807, 2.05) is 0 Å². The molecule has 0 bridgehead atoms. The fourth-order valence-corrected chi connectivity index (χ4v) is 4.24. The summed E-state index contributed by atoms with van der Waals surface area (Å²) in [5.41, 5.74) is 0. The Bertz CT molecular complexity index is 669. The van der Waals surface area contributed by atoms with Gasteiger partial charge in [0, 0.05) is 24.7 Å². The highest BCUT2D eigenvalue weighted by atomic mass is 16.4. The van der Waals surface area contributed by atoms with Crippen molar-refractivity contribution in [1.29, 1.82) is 0 Å². The Labute approximate surface area is 184 Å². The first kappa shape index (κ1) is 27.3. The fraction of sp³-hybridized carbons (Fsp3) is 0.737. The summed E-state index contributed by atoms with van der Waals surface area (Å²) in [7, 11) is 0. The topological polar surface area (TPSA) is 196 Å². The van der Waals surface area contributed by atoms with Crippen molar-refractivity contribution in [3.8, 4) is 0 Å². The number of carbonyl (C=O) groups is 5. The molecule has 0 aromatic rings. The number of aliphatic carboxylic acids is 5. The van der Waals surface area contributed by atoms with Gasteiger partial charge in [0.15, 0.2) is 0 Å². The Balaban J connectivity index is 3.17. The number of carboxylic acids is 5. The lowest BCUT2D eigenvalue weighted by molar-refractivity contribution is -0.146. The van der Waals surface area contributed by atoms with Crippen molar-refractivity contribution < 1.29 is 49.5 Å².